The van der Waals surface area contributed by atoms with E-state index in [1.807, 2.05) is 24.3 Å². The molecule has 0 radical (unpaired) electrons. The Hall–Kier alpha value is -1.38. The molecule has 0 saturated heterocycles. The molecule has 0 atom stereocenters. The first kappa shape index (κ1) is 14.7. The van der Waals surface area contributed by atoms with Gasteiger partial charge in [-0.1, -0.05) is 35.9 Å². The van der Waals surface area contributed by atoms with Gasteiger partial charge in [-0.15, -0.1) is 13.2 Å². The zero-order valence-corrected chi connectivity index (χ0v) is 11.2. The second-order valence-corrected chi connectivity index (χ2v) is 4.40. The molecule has 0 aliphatic heterocycles. The van der Waals surface area contributed by atoms with Crippen LogP contribution in [0, 0.1) is 0 Å². The highest BCUT2D eigenvalue weighted by molar-refractivity contribution is 6.33. The van der Waals surface area contributed by atoms with Crippen LogP contribution in [-0.4, -0.2) is 30.3 Å². The molecule has 0 saturated carbocycles. The van der Waals surface area contributed by atoms with Crippen molar-refractivity contribution in [3.63, 3.8) is 0 Å². The summed E-state index contributed by atoms with van der Waals surface area (Å²) in [5, 5.41) is 0.515. The zero-order valence-electron chi connectivity index (χ0n) is 10.4. The third kappa shape index (κ3) is 4.47. The Kier molecular flexibility index (Phi) is 6.40. The lowest BCUT2D eigenvalue weighted by Gasteiger charge is -2.18. The van der Waals surface area contributed by atoms with Gasteiger partial charge in [0, 0.05) is 31.6 Å². The van der Waals surface area contributed by atoms with Crippen molar-refractivity contribution < 1.29 is 4.79 Å². The van der Waals surface area contributed by atoms with E-state index in [1.54, 1.807) is 12.1 Å². The van der Waals surface area contributed by atoms with Crippen molar-refractivity contribution >= 4 is 17.4 Å². The minimum Gasteiger partial charge on any atom is -0.296 e. The van der Waals surface area contributed by atoms with Gasteiger partial charge >= 0.3 is 0 Å². The number of halogens is 1. The third-order valence-corrected chi connectivity index (χ3v) is 2.93. The van der Waals surface area contributed by atoms with Crippen LogP contribution in [0.1, 0.15) is 16.8 Å². The zero-order chi connectivity index (χ0) is 13.4. The second-order valence-electron chi connectivity index (χ2n) is 3.99. The highest BCUT2D eigenvalue weighted by Gasteiger charge is 2.11. The van der Waals surface area contributed by atoms with Crippen molar-refractivity contribution in [2.75, 3.05) is 19.6 Å². The molecule has 1 aromatic carbocycles. The first-order valence-corrected chi connectivity index (χ1v) is 6.28. The maximum absolute atomic E-state index is 12.0. The SMILES string of the molecule is C=CCN(CC=C)CCC(=O)c1ccccc1Cl. The van der Waals surface area contributed by atoms with Gasteiger partial charge in [-0.2, -0.15) is 0 Å². The van der Waals surface area contributed by atoms with Crippen molar-refractivity contribution in [2.45, 2.75) is 6.42 Å². The maximum Gasteiger partial charge on any atom is 0.165 e. The number of carbonyl (C=O) groups excluding carboxylic acids is 1. The summed E-state index contributed by atoms with van der Waals surface area (Å²) in [6.07, 6.45) is 4.10. The Bertz CT molecular complexity index is 418. The Morgan fingerprint density at radius 3 is 2.39 bits per heavy atom. The van der Waals surface area contributed by atoms with Crippen LogP contribution in [0.3, 0.4) is 0 Å². The summed E-state index contributed by atoms with van der Waals surface area (Å²) in [5.41, 5.74) is 0.594. The van der Waals surface area contributed by atoms with Gasteiger partial charge in [0.2, 0.25) is 0 Å². The van der Waals surface area contributed by atoms with Crippen LogP contribution < -0.4 is 0 Å². The van der Waals surface area contributed by atoms with E-state index in [2.05, 4.69) is 18.1 Å². The number of nitrogens with zero attached hydrogens (tertiary/aromatic N) is 1. The van der Waals surface area contributed by atoms with E-state index in [4.69, 9.17) is 11.6 Å². The van der Waals surface area contributed by atoms with Crippen LogP contribution in [0.25, 0.3) is 0 Å². The lowest BCUT2D eigenvalue weighted by molar-refractivity contribution is 0.0969. The summed E-state index contributed by atoms with van der Waals surface area (Å²) in [6.45, 7) is 9.59. The van der Waals surface area contributed by atoms with Gasteiger partial charge < -0.3 is 0 Å². The molecule has 0 bridgehead atoms. The molecule has 0 amide bonds. The van der Waals surface area contributed by atoms with E-state index in [0.717, 1.165) is 13.1 Å². The number of Topliss-reactive ketones (excluding diaryl/α,β-unsaturated/α-hetero) is 1. The van der Waals surface area contributed by atoms with E-state index in [9.17, 15) is 4.79 Å². The number of hydrogen-bond acceptors (Lipinski definition) is 2. The normalized spacial score (nSPS) is 10.3. The van der Waals surface area contributed by atoms with Crippen LogP contribution in [-0.2, 0) is 0 Å². The fourth-order valence-corrected chi connectivity index (χ4v) is 1.95. The molecular weight excluding hydrogens is 246 g/mol. The predicted molar refractivity (Wildman–Crippen MR) is 77.2 cm³/mol. The first-order chi connectivity index (χ1) is 8.69. The molecule has 0 aliphatic rings. The van der Waals surface area contributed by atoms with Crippen molar-refractivity contribution in [1.82, 2.24) is 4.90 Å². The number of carbonyl (C=O) groups is 1. The van der Waals surface area contributed by atoms with Crippen molar-refractivity contribution in [1.29, 1.82) is 0 Å². The fourth-order valence-electron chi connectivity index (χ4n) is 1.70. The van der Waals surface area contributed by atoms with Gasteiger partial charge in [0.15, 0.2) is 5.78 Å². The highest BCUT2D eigenvalue weighted by atomic mass is 35.5. The molecule has 1 aromatic rings. The van der Waals surface area contributed by atoms with Crippen LogP contribution in [0.15, 0.2) is 49.6 Å². The van der Waals surface area contributed by atoms with Crippen molar-refractivity contribution in [3.05, 3.63) is 60.2 Å². The number of hydrogen-bond donors (Lipinski definition) is 0. The monoisotopic (exact) mass is 263 g/mol. The molecule has 3 heteroatoms. The molecule has 0 N–H and O–H groups in total. The lowest BCUT2D eigenvalue weighted by atomic mass is 10.1. The quantitative estimate of drug-likeness (QED) is 0.528. The number of benzene rings is 1. The lowest BCUT2D eigenvalue weighted by Crippen LogP contribution is -2.26. The Morgan fingerprint density at radius 2 is 1.83 bits per heavy atom. The van der Waals surface area contributed by atoms with E-state index in [-0.39, 0.29) is 5.78 Å². The van der Waals surface area contributed by atoms with Gasteiger partial charge in [-0.05, 0) is 12.1 Å². The molecule has 0 unspecified atom stereocenters. The molecular formula is C15H18ClNO. The Labute approximate surface area is 114 Å². The number of ketones is 1. The topological polar surface area (TPSA) is 20.3 Å². The molecule has 0 aromatic heterocycles. The summed E-state index contributed by atoms with van der Waals surface area (Å²) in [5.74, 6) is 0.0683. The smallest absolute Gasteiger partial charge is 0.165 e. The fraction of sp³-hybridized carbons (Fsp3) is 0.267. The summed E-state index contributed by atoms with van der Waals surface area (Å²) in [6, 6.07) is 7.14. The highest BCUT2D eigenvalue weighted by Crippen LogP contribution is 2.16. The first-order valence-electron chi connectivity index (χ1n) is 5.91. The molecule has 96 valence electrons. The predicted octanol–water partition coefficient (Wildman–Crippen LogP) is 3.59. The summed E-state index contributed by atoms with van der Waals surface area (Å²) in [7, 11) is 0. The number of rotatable bonds is 8. The largest absolute Gasteiger partial charge is 0.296 e. The Balaban J connectivity index is 2.57. The van der Waals surface area contributed by atoms with E-state index >= 15 is 0 Å². The van der Waals surface area contributed by atoms with Crippen LogP contribution in [0.4, 0.5) is 0 Å². The summed E-state index contributed by atoms with van der Waals surface area (Å²) in [4.78, 5) is 14.1. The molecule has 2 nitrogen and oxygen atoms in total. The molecule has 0 heterocycles. The van der Waals surface area contributed by atoms with Crippen molar-refractivity contribution in [3.8, 4) is 0 Å². The molecule has 18 heavy (non-hydrogen) atoms. The van der Waals surface area contributed by atoms with Gasteiger partial charge in [0.05, 0.1) is 5.02 Å². The maximum atomic E-state index is 12.0. The average molecular weight is 264 g/mol. The second kappa shape index (κ2) is 7.85. The van der Waals surface area contributed by atoms with Crippen LogP contribution >= 0.6 is 11.6 Å². The molecule has 0 fully saturated rings. The average Bonchev–Trinajstić information content (AvgIpc) is 2.36. The standard InChI is InChI=1S/C15H18ClNO/c1-3-10-17(11-4-2)12-9-15(18)13-7-5-6-8-14(13)16/h3-8H,1-2,9-12H2. The minimum atomic E-state index is 0.0683. The molecule has 1 rings (SSSR count). The van der Waals surface area contributed by atoms with Gasteiger partial charge in [-0.25, -0.2) is 0 Å². The molecule has 0 spiro atoms. The van der Waals surface area contributed by atoms with Gasteiger partial charge in [0.1, 0.15) is 0 Å². The summed E-state index contributed by atoms with van der Waals surface area (Å²) < 4.78 is 0. The minimum absolute atomic E-state index is 0.0683. The molecule has 0 aliphatic carbocycles. The summed E-state index contributed by atoms with van der Waals surface area (Å²) >= 11 is 5.99. The van der Waals surface area contributed by atoms with Gasteiger partial charge in [-0.3, -0.25) is 9.69 Å². The van der Waals surface area contributed by atoms with Gasteiger partial charge in [0.25, 0.3) is 0 Å². The van der Waals surface area contributed by atoms with Crippen molar-refractivity contribution in [2.24, 2.45) is 0 Å². The van der Waals surface area contributed by atoms with E-state index < -0.39 is 0 Å². The Morgan fingerprint density at radius 1 is 1.22 bits per heavy atom. The van der Waals surface area contributed by atoms with Crippen LogP contribution in [0.5, 0.6) is 0 Å². The van der Waals surface area contributed by atoms with Crippen LogP contribution in [0.2, 0.25) is 5.02 Å². The van der Waals surface area contributed by atoms with E-state index in [1.165, 1.54) is 0 Å². The third-order valence-electron chi connectivity index (χ3n) is 2.60. The van der Waals surface area contributed by atoms with E-state index in [0.29, 0.717) is 23.6 Å².